The minimum absolute atomic E-state index is 0.0826. The highest BCUT2D eigenvalue weighted by molar-refractivity contribution is 5.75. The van der Waals surface area contributed by atoms with Crippen LogP contribution >= 0.6 is 0 Å². The summed E-state index contributed by atoms with van der Waals surface area (Å²) in [7, 11) is 0. The molecule has 1 saturated heterocycles. The molecule has 0 saturated carbocycles. The van der Waals surface area contributed by atoms with Gasteiger partial charge in [-0.05, 0) is 30.2 Å². The van der Waals surface area contributed by atoms with Gasteiger partial charge in [0.25, 0.3) is 5.91 Å². The molecule has 0 aromatic heterocycles. The number of hydrogen-bond acceptors (Lipinski definition) is 4. The van der Waals surface area contributed by atoms with Crippen molar-refractivity contribution in [1.29, 1.82) is 0 Å². The van der Waals surface area contributed by atoms with Crippen molar-refractivity contribution in [3.8, 4) is 5.75 Å². The molecule has 1 amide bonds. The van der Waals surface area contributed by atoms with E-state index in [-0.39, 0.29) is 18.8 Å². The molecule has 5 nitrogen and oxygen atoms in total. The highest BCUT2D eigenvalue weighted by Gasteiger charge is 2.26. The number of nitrogens with two attached hydrogens (primary N) is 1. The molecule has 0 unspecified atom stereocenters. The van der Waals surface area contributed by atoms with Crippen LogP contribution in [0.3, 0.4) is 0 Å². The van der Waals surface area contributed by atoms with Gasteiger partial charge in [0.1, 0.15) is 5.75 Å². The molecule has 2 N–H and O–H groups in total. The van der Waals surface area contributed by atoms with Gasteiger partial charge in [0.05, 0.1) is 12.2 Å². The first-order valence-electron chi connectivity index (χ1n) is 8.53. The molecule has 0 bridgehead atoms. The number of benzene rings is 2. The van der Waals surface area contributed by atoms with Crippen molar-refractivity contribution in [3.63, 3.8) is 0 Å². The molecule has 1 aliphatic heterocycles. The van der Waals surface area contributed by atoms with Gasteiger partial charge < -0.3 is 15.2 Å². The monoisotopic (exact) mass is 340 g/mol. The second kappa shape index (κ2) is 8.14. The molecule has 132 valence electrons. The molecule has 1 fully saturated rings. The maximum atomic E-state index is 10.9. The maximum Gasteiger partial charge on any atom is 0.255 e. The number of nitrogens with zero attached hydrogens (tertiary/aromatic N) is 1. The van der Waals surface area contributed by atoms with Gasteiger partial charge in [0.2, 0.25) is 0 Å². The van der Waals surface area contributed by atoms with Crippen LogP contribution in [0, 0.1) is 0 Å². The summed E-state index contributed by atoms with van der Waals surface area (Å²) in [6.45, 7) is 4.55. The van der Waals surface area contributed by atoms with Crippen LogP contribution in [0.5, 0.6) is 5.75 Å². The molecule has 0 aliphatic carbocycles. The number of ether oxygens (including phenoxy) is 2. The Morgan fingerprint density at radius 2 is 2.00 bits per heavy atom. The molecule has 1 aliphatic rings. The van der Waals surface area contributed by atoms with Crippen molar-refractivity contribution in [2.24, 2.45) is 5.73 Å². The normalized spacial score (nSPS) is 21.0. The molecular formula is C20H24N2O3. The third-order valence-corrected chi connectivity index (χ3v) is 4.19. The average Bonchev–Trinajstić information content (AvgIpc) is 2.60. The molecule has 2 atom stereocenters. The van der Waals surface area contributed by atoms with Gasteiger partial charge in [-0.15, -0.1) is 0 Å². The zero-order valence-electron chi connectivity index (χ0n) is 14.4. The van der Waals surface area contributed by atoms with E-state index < -0.39 is 5.91 Å². The molecule has 0 spiro atoms. The summed E-state index contributed by atoms with van der Waals surface area (Å²) in [5, 5.41) is 0. The Kier molecular flexibility index (Phi) is 5.68. The lowest BCUT2D eigenvalue weighted by Gasteiger charge is -2.37. The average molecular weight is 340 g/mol. The Balaban J connectivity index is 1.65. The standard InChI is InChI=1S/C20H24N2O3/c1-15-11-22(13-19(25-15)17-7-3-2-4-8-17)12-16-6-5-9-18(10-16)24-14-20(21)23/h2-10,15,19H,11-14H2,1H3,(H2,21,23)/t15-,19-/m0/s1. The van der Waals surface area contributed by atoms with Crippen LogP contribution in [0.1, 0.15) is 24.2 Å². The highest BCUT2D eigenvalue weighted by Crippen LogP contribution is 2.26. The molecular weight excluding hydrogens is 316 g/mol. The zero-order valence-corrected chi connectivity index (χ0v) is 14.4. The Bertz CT molecular complexity index is 705. The maximum absolute atomic E-state index is 10.9. The Morgan fingerprint density at radius 3 is 2.76 bits per heavy atom. The Hall–Kier alpha value is -2.37. The van der Waals surface area contributed by atoms with Gasteiger partial charge in [0.15, 0.2) is 6.61 Å². The summed E-state index contributed by atoms with van der Waals surface area (Å²) in [4.78, 5) is 13.2. The van der Waals surface area contributed by atoms with Crippen molar-refractivity contribution in [3.05, 3.63) is 65.7 Å². The van der Waals surface area contributed by atoms with Crippen LogP contribution in [0.25, 0.3) is 0 Å². The topological polar surface area (TPSA) is 64.8 Å². The zero-order chi connectivity index (χ0) is 17.6. The first-order chi connectivity index (χ1) is 12.1. The van der Waals surface area contributed by atoms with Crippen molar-refractivity contribution in [1.82, 2.24) is 4.90 Å². The minimum atomic E-state index is -0.474. The summed E-state index contributed by atoms with van der Waals surface area (Å²) in [6.07, 6.45) is 0.257. The van der Waals surface area contributed by atoms with Crippen molar-refractivity contribution in [2.45, 2.75) is 25.7 Å². The van der Waals surface area contributed by atoms with Gasteiger partial charge in [-0.25, -0.2) is 0 Å². The van der Waals surface area contributed by atoms with Gasteiger partial charge in [-0.1, -0.05) is 42.5 Å². The van der Waals surface area contributed by atoms with Crippen LogP contribution in [0.2, 0.25) is 0 Å². The van der Waals surface area contributed by atoms with E-state index in [0.29, 0.717) is 5.75 Å². The molecule has 3 rings (SSSR count). The van der Waals surface area contributed by atoms with Crippen LogP contribution < -0.4 is 10.5 Å². The van der Waals surface area contributed by atoms with E-state index in [1.807, 2.05) is 36.4 Å². The Morgan fingerprint density at radius 1 is 1.20 bits per heavy atom. The van der Waals surface area contributed by atoms with Gasteiger partial charge in [-0.2, -0.15) is 0 Å². The fraction of sp³-hybridized carbons (Fsp3) is 0.350. The lowest BCUT2D eigenvalue weighted by molar-refractivity contribution is -0.119. The summed E-state index contributed by atoms with van der Waals surface area (Å²) >= 11 is 0. The largest absolute Gasteiger partial charge is 0.484 e. The van der Waals surface area contributed by atoms with Crippen LogP contribution in [0.4, 0.5) is 0 Å². The van der Waals surface area contributed by atoms with Crippen molar-refractivity contribution >= 4 is 5.91 Å². The third kappa shape index (κ3) is 5.05. The quantitative estimate of drug-likeness (QED) is 0.877. The SMILES string of the molecule is C[C@H]1CN(Cc2cccc(OCC(N)=O)c2)C[C@@H](c2ccccc2)O1. The number of amides is 1. The lowest BCUT2D eigenvalue weighted by atomic mass is 10.1. The fourth-order valence-corrected chi connectivity index (χ4v) is 3.17. The fourth-order valence-electron chi connectivity index (χ4n) is 3.17. The predicted octanol–water partition coefficient (Wildman–Crippen LogP) is 2.51. The lowest BCUT2D eigenvalue weighted by Crippen LogP contribution is -2.42. The molecule has 2 aromatic carbocycles. The molecule has 0 radical (unpaired) electrons. The van der Waals surface area contributed by atoms with Crippen molar-refractivity contribution < 1.29 is 14.3 Å². The van der Waals surface area contributed by atoms with E-state index in [1.165, 1.54) is 5.56 Å². The third-order valence-electron chi connectivity index (χ3n) is 4.19. The summed E-state index contributed by atoms with van der Waals surface area (Å²) in [6, 6.07) is 18.1. The first kappa shape index (κ1) is 17.5. The van der Waals surface area contributed by atoms with E-state index in [0.717, 1.165) is 25.2 Å². The molecule has 5 heteroatoms. The van der Waals surface area contributed by atoms with E-state index in [2.05, 4.69) is 30.0 Å². The van der Waals surface area contributed by atoms with E-state index in [4.69, 9.17) is 15.2 Å². The van der Waals surface area contributed by atoms with Crippen LogP contribution in [0.15, 0.2) is 54.6 Å². The van der Waals surface area contributed by atoms with E-state index >= 15 is 0 Å². The number of carbonyl (C=O) groups is 1. The van der Waals surface area contributed by atoms with Gasteiger partial charge in [-0.3, -0.25) is 9.69 Å². The number of morpholine rings is 1. The second-order valence-electron chi connectivity index (χ2n) is 6.44. The van der Waals surface area contributed by atoms with E-state index in [9.17, 15) is 4.79 Å². The van der Waals surface area contributed by atoms with Crippen LogP contribution in [-0.2, 0) is 16.1 Å². The van der Waals surface area contributed by atoms with E-state index in [1.54, 1.807) is 0 Å². The number of hydrogen-bond donors (Lipinski definition) is 1. The molecule has 2 aromatic rings. The summed E-state index contributed by atoms with van der Waals surface area (Å²) in [5.74, 6) is 0.190. The Labute approximate surface area is 148 Å². The number of rotatable bonds is 6. The number of carbonyl (C=O) groups excluding carboxylic acids is 1. The highest BCUT2D eigenvalue weighted by atomic mass is 16.5. The van der Waals surface area contributed by atoms with Crippen molar-refractivity contribution in [2.75, 3.05) is 19.7 Å². The predicted molar refractivity (Wildman–Crippen MR) is 96.1 cm³/mol. The van der Waals surface area contributed by atoms with Crippen LogP contribution in [-0.4, -0.2) is 36.6 Å². The van der Waals surface area contributed by atoms with Gasteiger partial charge >= 0.3 is 0 Å². The first-order valence-corrected chi connectivity index (χ1v) is 8.53. The number of primary amides is 1. The summed E-state index contributed by atoms with van der Waals surface area (Å²) in [5.41, 5.74) is 7.48. The molecule has 1 heterocycles. The smallest absolute Gasteiger partial charge is 0.255 e. The van der Waals surface area contributed by atoms with Gasteiger partial charge in [0, 0.05) is 19.6 Å². The second-order valence-corrected chi connectivity index (χ2v) is 6.44. The minimum Gasteiger partial charge on any atom is -0.484 e. The molecule has 25 heavy (non-hydrogen) atoms. The summed E-state index contributed by atoms with van der Waals surface area (Å²) < 4.78 is 11.5.